The van der Waals surface area contributed by atoms with Gasteiger partial charge in [0.1, 0.15) is 5.41 Å². The highest BCUT2D eigenvalue weighted by molar-refractivity contribution is 9.10. The van der Waals surface area contributed by atoms with Crippen molar-refractivity contribution < 1.29 is 28.7 Å². The van der Waals surface area contributed by atoms with E-state index in [1.165, 1.54) is 12.1 Å². The monoisotopic (exact) mass is 549 g/mol. The molecule has 2 aromatic rings. The summed E-state index contributed by atoms with van der Waals surface area (Å²) in [5.74, 6) is -3.03. The summed E-state index contributed by atoms with van der Waals surface area (Å²) >= 11 is 9.28. The summed E-state index contributed by atoms with van der Waals surface area (Å²) in [6.07, 6.45) is 0. The molecule has 3 amide bonds. The highest BCUT2D eigenvalue weighted by Gasteiger charge is 2.50. The van der Waals surface area contributed by atoms with Gasteiger partial charge in [0.15, 0.2) is 0 Å². The Morgan fingerprint density at radius 2 is 1.74 bits per heavy atom. The first-order valence-corrected chi connectivity index (χ1v) is 11.3. The van der Waals surface area contributed by atoms with Crippen molar-refractivity contribution in [1.82, 2.24) is 5.01 Å². The van der Waals surface area contributed by atoms with Gasteiger partial charge in [-0.1, -0.05) is 39.7 Å². The Balaban J connectivity index is 2.07. The molecule has 34 heavy (non-hydrogen) atoms. The minimum atomic E-state index is -1.33. The molecule has 11 heteroatoms. The highest BCUT2D eigenvalue weighted by atomic mass is 79.9. The normalized spacial score (nSPS) is 17.1. The molecule has 178 valence electrons. The maximum Gasteiger partial charge on any atom is 0.397 e. The number of carbonyl (C=O) groups excluding carboxylic acids is 4. The number of urea groups is 1. The van der Waals surface area contributed by atoms with Gasteiger partial charge in [0.2, 0.25) is 0 Å². The smallest absolute Gasteiger partial charge is 0.397 e. The first-order chi connectivity index (χ1) is 16.1. The third kappa shape index (κ3) is 4.97. The van der Waals surface area contributed by atoms with Gasteiger partial charge in [-0.25, -0.2) is 19.5 Å². The van der Waals surface area contributed by atoms with E-state index >= 15 is 0 Å². The van der Waals surface area contributed by atoms with Crippen molar-refractivity contribution >= 4 is 62.8 Å². The number of esters is 2. The molecule has 2 aromatic carbocycles. The third-order valence-electron chi connectivity index (χ3n) is 5.11. The van der Waals surface area contributed by atoms with E-state index in [1.807, 2.05) is 0 Å². The van der Waals surface area contributed by atoms with Crippen molar-refractivity contribution in [1.29, 1.82) is 0 Å². The number of hydrogen-bond acceptors (Lipinski definition) is 7. The fraction of sp³-hybridized carbons (Fsp3) is 0.261. The Morgan fingerprint density at radius 3 is 2.29 bits per heavy atom. The molecule has 1 aliphatic heterocycles. The lowest BCUT2D eigenvalue weighted by molar-refractivity contribution is -0.151. The number of imide groups is 1. The predicted molar refractivity (Wildman–Crippen MR) is 128 cm³/mol. The van der Waals surface area contributed by atoms with Crippen molar-refractivity contribution in [3.8, 4) is 0 Å². The zero-order valence-electron chi connectivity index (χ0n) is 18.6. The van der Waals surface area contributed by atoms with Crippen LogP contribution in [0.25, 0.3) is 0 Å². The van der Waals surface area contributed by atoms with E-state index < -0.39 is 29.3 Å². The molecule has 9 nitrogen and oxygen atoms in total. The third-order valence-corrected chi connectivity index (χ3v) is 5.89. The van der Waals surface area contributed by atoms with Crippen molar-refractivity contribution in [2.45, 2.75) is 13.8 Å². The zero-order valence-corrected chi connectivity index (χ0v) is 20.9. The molecular formula is C23H21BrClN3O6. The van der Waals surface area contributed by atoms with Crippen LogP contribution in [0.5, 0.6) is 0 Å². The topological polar surface area (TPSA) is 106 Å². The number of ether oxygens (including phenoxy) is 2. The number of halogens is 2. The highest BCUT2D eigenvalue weighted by Crippen LogP contribution is 2.34. The van der Waals surface area contributed by atoms with Gasteiger partial charge in [-0.3, -0.25) is 9.59 Å². The second kappa shape index (κ2) is 10.4. The Morgan fingerprint density at radius 1 is 1.12 bits per heavy atom. The number of methoxy groups -OCH3 is 1. The molecule has 0 aromatic heterocycles. The van der Waals surface area contributed by atoms with E-state index in [4.69, 9.17) is 16.3 Å². The van der Waals surface area contributed by atoms with Crippen LogP contribution in [0.2, 0.25) is 5.02 Å². The van der Waals surface area contributed by atoms with E-state index in [0.717, 1.165) is 12.1 Å². The number of nitrogens with zero attached hydrogens (tertiary/aromatic N) is 3. The average molecular weight is 551 g/mol. The second-order valence-electron chi connectivity index (χ2n) is 7.46. The van der Waals surface area contributed by atoms with Crippen LogP contribution in [-0.2, 0) is 23.9 Å². The lowest BCUT2D eigenvalue weighted by Gasteiger charge is -2.26. The SMILES string of the molecule is CCOC(=O)C1(C)CN(C(=O)N(C(=O)C(=O)OC)c2ccc(Br)cc2)N=C1c1ccc(Cl)cc1. The molecule has 0 bridgehead atoms. The first kappa shape index (κ1) is 25.4. The molecule has 3 rings (SSSR count). The average Bonchev–Trinajstić information content (AvgIpc) is 3.19. The lowest BCUT2D eigenvalue weighted by Crippen LogP contribution is -2.49. The lowest BCUT2D eigenvalue weighted by atomic mass is 9.82. The summed E-state index contributed by atoms with van der Waals surface area (Å²) in [5, 5.41) is 5.82. The number of carbonyl (C=O) groups is 4. The summed E-state index contributed by atoms with van der Waals surface area (Å²) in [6, 6.07) is 11.8. The maximum absolute atomic E-state index is 13.5. The van der Waals surface area contributed by atoms with Gasteiger partial charge >= 0.3 is 23.9 Å². The number of hydrogen-bond donors (Lipinski definition) is 0. The summed E-state index contributed by atoms with van der Waals surface area (Å²) < 4.78 is 10.5. The predicted octanol–water partition coefficient (Wildman–Crippen LogP) is 4.02. The van der Waals surface area contributed by atoms with Crippen LogP contribution in [0.15, 0.2) is 58.1 Å². The molecule has 1 unspecified atom stereocenters. The van der Waals surface area contributed by atoms with Gasteiger partial charge in [0.25, 0.3) is 0 Å². The Kier molecular flexibility index (Phi) is 7.73. The number of amides is 3. The number of anilines is 1. The molecule has 0 fully saturated rings. The van der Waals surface area contributed by atoms with Gasteiger partial charge in [0.05, 0.1) is 31.7 Å². The zero-order chi connectivity index (χ0) is 25.0. The maximum atomic E-state index is 13.5. The quantitative estimate of drug-likeness (QED) is 0.421. The first-order valence-electron chi connectivity index (χ1n) is 10.1. The van der Waals surface area contributed by atoms with E-state index in [2.05, 4.69) is 25.8 Å². The van der Waals surface area contributed by atoms with E-state index in [-0.39, 0.29) is 24.6 Å². The molecule has 1 heterocycles. The van der Waals surface area contributed by atoms with Gasteiger partial charge in [-0.15, -0.1) is 0 Å². The molecule has 0 spiro atoms. The Labute approximate surface area is 209 Å². The van der Waals surface area contributed by atoms with Gasteiger partial charge in [-0.2, -0.15) is 5.10 Å². The van der Waals surface area contributed by atoms with Gasteiger partial charge in [-0.05, 0) is 55.8 Å². The van der Waals surface area contributed by atoms with Crippen molar-refractivity contribution in [3.63, 3.8) is 0 Å². The molecule has 0 aliphatic carbocycles. The van der Waals surface area contributed by atoms with E-state index in [0.29, 0.717) is 20.0 Å². The standard InChI is InChI=1S/C23H21BrClN3O6/c1-4-34-21(31)23(2)13-27(26-18(23)14-5-9-16(25)10-6-14)22(32)28(19(29)20(30)33-3)17-11-7-15(24)8-12-17/h5-12H,4,13H2,1-3H3. The van der Waals surface area contributed by atoms with Crippen molar-refractivity contribution in [3.05, 3.63) is 63.6 Å². The van der Waals surface area contributed by atoms with Crippen LogP contribution >= 0.6 is 27.5 Å². The van der Waals surface area contributed by atoms with Crippen LogP contribution in [0.3, 0.4) is 0 Å². The van der Waals surface area contributed by atoms with Gasteiger partial charge < -0.3 is 9.47 Å². The van der Waals surface area contributed by atoms with Gasteiger partial charge in [0, 0.05) is 9.50 Å². The number of hydrazone groups is 1. The summed E-state index contributed by atoms with van der Waals surface area (Å²) in [4.78, 5) is 51.9. The minimum Gasteiger partial charge on any atom is -0.465 e. The second-order valence-corrected chi connectivity index (χ2v) is 8.81. The fourth-order valence-corrected chi connectivity index (χ4v) is 3.78. The minimum absolute atomic E-state index is 0.122. The number of rotatable bonds is 4. The van der Waals surface area contributed by atoms with Crippen LogP contribution in [-0.4, -0.2) is 54.9 Å². The Bertz CT molecular complexity index is 1150. The largest absolute Gasteiger partial charge is 0.465 e. The van der Waals surface area contributed by atoms with E-state index in [1.54, 1.807) is 50.2 Å². The molecule has 0 saturated carbocycles. The van der Waals surface area contributed by atoms with Crippen molar-refractivity contribution in [2.24, 2.45) is 10.5 Å². The molecule has 0 radical (unpaired) electrons. The van der Waals surface area contributed by atoms with Crippen molar-refractivity contribution in [2.75, 3.05) is 25.2 Å². The number of benzene rings is 2. The summed E-state index contributed by atoms with van der Waals surface area (Å²) in [6.45, 7) is 3.17. The molecule has 0 saturated heterocycles. The van der Waals surface area contributed by atoms with Crippen LogP contribution in [0.4, 0.5) is 10.5 Å². The van der Waals surface area contributed by atoms with Crippen LogP contribution < -0.4 is 4.90 Å². The summed E-state index contributed by atoms with van der Waals surface area (Å²) in [7, 11) is 1.04. The molecule has 0 N–H and O–H groups in total. The molecule has 1 atom stereocenters. The van der Waals surface area contributed by atoms with E-state index in [9.17, 15) is 19.2 Å². The molecule has 1 aliphatic rings. The van der Waals surface area contributed by atoms with Crippen LogP contribution in [0, 0.1) is 5.41 Å². The van der Waals surface area contributed by atoms with Crippen LogP contribution in [0.1, 0.15) is 19.4 Å². The molecular weight excluding hydrogens is 530 g/mol. The Hall–Kier alpha value is -3.24. The fourth-order valence-electron chi connectivity index (χ4n) is 3.39. The summed E-state index contributed by atoms with van der Waals surface area (Å²) in [5.41, 5.74) is -0.405.